The van der Waals surface area contributed by atoms with E-state index in [1.54, 1.807) is 0 Å². The van der Waals surface area contributed by atoms with Crippen LogP contribution in [-0.4, -0.2) is 35.3 Å². The van der Waals surface area contributed by atoms with Crippen LogP contribution in [0.3, 0.4) is 0 Å². The fraction of sp³-hybridized carbons (Fsp3) is 0.500. The molecule has 18 heavy (non-hydrogen) atoms. The lowest BCUT2D eigenvalue weighted by Crippen LogP contribution is -2.28. The molecule has 0 amide bonds. The number of rotatable bonds is 4. The number of nitrogens with two attached hydrogens (primary N) is 1. The minimum atomic E-state index is -0.368. The molecule has 0 fully saturated rings. The van der Waals surface area contributed by atoms with Gasteiger partial charge in [0.25, 0.3) is 5.95 Å². The summed E-state index contributed by atoms with van der Waals surface area (Å²) in [6.45, 7) is 5.91. The summed E-state index contributed by atoms with van der Waals surface area (Å²) in [6.07, 6.45) is 3.68. The summed E-state index contributed by atoms with van der Waals surface area (Å²) in [5.41, 5.74) is 5.25. The predicted molar refractivity (Wildman–Crippen MR) is 64.2 cm³/mol. The second-order valence-corrected chi connectivity index (χ2v) is 4.33. The molecule has 0 saturated carbocycles. The maximum atomic E-state index is 5.67. The molecular formula is C10H15N7O. The molecule has 0 aliphatic heterocycles. The largest absolute Gasteiger partial charge is 0.457 e. The van der Waals surface area contributed by atoms with E-state index in [9.17, 15) is 0 Å². The van der Waals surface area contributed by atoms with Gasteiger partial charge in [-0.3, -0.25) is 0 Å². The van der Waals surface area contributed by atoms with Crippen LogP contribution in [0.2, 0.25) is 0 Å². The van der Waals surface area contributed by atoms with E-state index in [1.807, 2.05) is 20.8 Å². The van der Waals surface area contributed by atoms with E-state index in [-0.39, 0.29) is 23.5 Å². The Morgan fingerprint density at radius 1 is 1.33 bits per heavy atom. The molecule has 2 aromatic rings. The molecule has 2 heterocycles. The van der Waals surface area contributed by atoms with Gasteiger partial charge in [-0.15, -0.1) is 0 Å². The van der Waals surface area contributed by atoms with E-state index in [1.165, 1.54) is 17.3 Å². The lowest BCUT2D eigenvalue weighted by Gasteiger charge is -2.23. The van der Waals surface area contributed by atoms with Crippen LogP contribution >= 0.6 is 0 Å². The zero-order chi connectivity index (χ0) is 13.2. The van der Waals surface area contributed by atoms with Crippen molar-refractivity contribution in [1.29, 1.82) is 0 Å². The first-order chi connectivity index (χ1) is 8.50. The predicted octanol–water partition coefficient (Wildman–Crippen LogP) is 0.602. The maximum Gasteiger partial charge on any atom is 0.323 e. The number of anilines is 1. The van der Waals surface area contributed by atoms with Gasteiger partial charge in [0.2, 0.25) is 5.95 Å². The molecule has 0 spiro atoms. The summed E-state index contributed by atoms with van der Waals surface area (Å²) in [4.78, 5) is 15.9. The van der Waals surface area contributed by atoms with Crippen molar-refractivity contribution in [2.24, 2.45) is 0 Å². The van der Waals surface area contributed by atoms with Crippen LogP contribution in [0.4, 0.5) is 5.95 Å². The number of hydrogen-bond acceptors (Lipinski definition) is 7. The van der Waals surface area contributed by atoms with Gasteiger partial charge in [-0.1, -0.05) is 6.92 Å². The van der Waals surface area contributed by atoms with E-state index < -0.39 is 0 Å². The SMILES string of the molecule is CCC(C)(C)Oc1nc(N)nc(-n2cncn2)n1. The maximum absolute atomic E-state index is 5.67. The Bertz CT molecular complexity index is 523. The smallest absolute Gasteiger partial charge is 0.323 e. The van der Waals surface area contributed by atoms with Gasteiger partial charge in [0, 0.05) is 0 Å². The fourth-order valence-electron chi connectivity index (χ4n) is 1.14. The highest BCUT2D eigenvalue weighted by molar-refractivity contribution is 5.24. The monoisotopic (exact) mass is 249 g/mol. The molecule has 96 valence electrons. The molecule has 2 rings (SSSR count). The van der Waals surface area contributed by atoms with Gasteiger partial charge < -0.3 is 10.5 Å². The average molecular weight is 249 g/mol. The molecule has 0 radical (unpaired) electrons. The third-order valence-corrected chi connectivity index (χ3v) is 2.46. The molecule has 0 bridgehead atoms. The van der Waals surface area contributed by atoms with Gasteiger partial charge in [-0.25, -0.2) is 4.98 Å². The number of nitrogens with zero attached hydrogens (tertiary/aromatic N) is 6. The van der Waals surface area contributed by atoms with Crippen LogP contribution in [0, 0.1) is 0 Å². The van der Waals surface area contributed by atoms with Gasteiger partial charge in [0.05, 0.1) is 0 Å². The van der Waals surface area contributed by atoms with Crippen LogP contribution in [0.25, 0.3) is 5.95 Å². The summed E-state index contributed by atoms with van der Waals surface area (Å²) in [7, 11) is 0. The van der Waals surface area contributed by atoms with Crippen molar-refractivity contribution in [2.75, 3.05) is 5.73 Å². The zero-order valence-corrected chi connectivity index (χ0v) is 10.5. The molecule has 8 heteroatoms. The van der Waals surface area contributed by atoms with Gasteiger partial charge in [0.15, 0.2) is 0 Å². The second-order valence-electron chi connectivity index (χ2n) is 4.33. The molecule has 0 aliphatic rings. The Labute approximate surface area is 104 Å². The topological polar surface area (TPSA) is 105 Å². The van der Waals surface area contributed by atoms with Crippen LogP contribution < -0.4 is 10.5 Å². The average Bonchev–Trinajstić information content (AvgIpc) is 2.81. The Hall–Kier alpha value is -2.25. The summed E-state index contributed by atoms with van der Waals surface area (Å²) in [5, 5.41) is 3.93. The lowest BCUT2D eigenvalue weighted by atomic mass is 10.1. The summed E-state index contributed by atoms with van der Waals surface area (Å²) in [5.74, 6) is 0.360. The van der Waals surface area contributed by atoms with Crippen molar-refractivity contribution in [2.45, 2.75) is 32.8 Å². The zero-order valence-electron chi connectivity index (χ0n) is 10.5. The molecule has 0 aromatic carbocycles. The highest BCUT2D eigenvalue weighted by Crippen LogP contribution is 2.18. The highest BCUT2D eigenvalue weighted by atomic mass is 16.5. The fourth-order valence-corrected chi connectivity index (χ4v) is 1.14. The van der Waals surface area contributed by atoms with Crippen molar-refractivity contribution >= 4 is 5.95 Å². The molecule has 0 unspecified atom stereocenters. The normalized spacial score (nSPS) is 11.5. The first kappa shape index (κ1) is 12.2. The Morgan fingerprint density at radius 3 is 2.72 bits per heavy atom. The third kappa shape index (κ3) is 2.70. The van der Waals surface area contributed by atoms with Crippen molar-refractivity contribution in [3.63, 3.8) is 0 Å². The highest BCUT2D eigenvalue weighted by Gasteiger charge is 2.19. The first-order valence-electron chi connectivity index (χ1n) is 5.56. The van der Waals surface area contributed by atoms with Crippen LogP contribution in [0.1, 0.15) is 27.2 Å². The Morgan fingerprint density at radius 2 is 2.11 bits per heavy atom. The minimum Gasteiger partial charge on any atom is -0.457 e. The van der Waals surface area contributed by atoms with Gasteiger partial charge in [-0.05, 0) is 20.3 Å². The Balaban J connectivity index is 2.33. The van der Waals surface area contributed by atoms with Gasteiger partial charge in [-0.2, -0.15) is 24.7 Å². The van der Waals surface area contributed by atoms with E-state index in [2.05, 4.69) is 25.0 Å². The van der Waals surface area contributed by atoms with Crippen molar-refractivity contribution < 1.29 is 4.74 Å². The Kier molecular flexibility index (Phi) is 3.09. The molecule has 0 saturated heterocycles. The van der Waals surface area contributed by atoms with E-state index >= 15 is 0 Å². The summed E-state index contributed by atoms with van der Waals surface area (Å²) >= 11 is 0. The standard InChI is InChI=1S/C10H15N7O/c1-4-10(2,3)18-9-15-7(11)14-8(16-9)17-6-12-5-13-17/h5-6H,4H2,1-3H3,(H2,11,14,15,16). The number of hydrogen-bond donors (Lipinski definition) is 1. The van der Waals surface area contributed by atoms with Crippen LogP contribution in [-0.2, 0) is 0 Å². The molecule has 2 N–H and O–H groups in total. The molecule has 0 aliphatic carbocycles. The lowest BCUT2D eigenvalue weighted by molar-refractivity contribution is 0.0923. The summed E-state index contributed by atoms with van der Waals surface area (Å²) in [6, 6.07) is 0.180. The van der Waals surface area contributed by atoms with Crippen LogP contribution in [0.5, 0.6) is 6.01 Å². The molecular weight excluding hydrogens is 234 g/mol. The van der Waals surface area contributed by atoms with Gasteiger partial charge >= 0.3 is 6.01 Å². The minimum absolute atomic E-state index is 0.0809. The van der Waals surface area contributed by atoms with Crippen molar-refractivity contribution in [3.05, 3.63) is 12.7 Å². The molecule has 8 nitrogen and oxygen atoms in total. The number of ether oxygens (including phenoxy) is 1. The molecule has 2 aromatic heterocycles. The third-order valence-electron chi connectivity index (χ3n) is 2.46. The van der Waals surface area contributed by atoms with E-state index in [0.717, 1.165) is 6.42 Å². The van der Waals surface area contributed by atoms with E-state index in [4.69, 9.17) is 10.5 Å². The van der Waals surface area contributed by atoms with Crippen molar-refractivity contribution in [3.8, 4) is 12.0 Å². The quantitative estimate of drug-likeness (QED) is 0.845. The number of aromatic nitrogens is 6. The van der Waals surface area contributed by atoms with Gasteiger partial charge in [0.1, 0.15) is 18.3 Å². The molecule has 0 atom stereocenters. The van der Waals surface area contributed by atoms with E-state index in [0.29, 0.717) is 0 Å². The first-order valence-corrected chi connectivity index (χ1v) is 5.56. The second kappa shape index (κ2) is 4.55. The number of nitrogen functional groups attached to an aromatic ring is 1. The van der Waals surface area contributed by atoms with Crippen LogP contribution in [0.15, 0.2) is 12.7 Å². The van der Waals surface area contributed by atoms with Crippen molar-refractivity contribution in [1.82, 2.24) is 29.7 Å². The summed E-state index contributed by atoms with van der Waals surface area (Å²) < 4.78 is 7.06.